The number of hydrogen-bond donors (Lipinski definition) is 1. The van der Waals surface area contributed by atoms with Gasteiger partial charge >= 0.3 is 13.1 Å². The van der Waals surface area contributed by atoms with E-state index in [1.165, 1.54) is 0 Å². The number of fused-ring (bicyclic) bond motifs is 1. The Bertz CT molecular complexity index is 501. The van der Waals surface area contributed by atoms with Gasteiger partial charge in [-0.1, -0.05) is 12.0 Å². The SMILES string of the molecule is CC#CCOC(=O)c1ccc2c(c1)B(O)OC2. The standard InChI is InChI=1S/C12H11BO4/c1-2-3-6-16-12(14)9-4-5-10-8-17-13(15)11(10)7-9/h4-5,7,15H,6,8H2,1H3. The van der Waals surface area contributed by atoms with Crippen LogP contribution in [0.4, 0.5) is 0 Å². The van der Waals surface area contributed by atoms with Crippen LogP contribution in [-0.4, -0.2) is 24.7 Å². The first kappa shape index (κ1) is 11.7. The first-order chi connectivity index (χ1) is 8.22. The highest BCUT2D eigenvalue weighted by Crippen LogP contribution is 2.12. The molecule has 0 radical (unpaired) electrons. The van der Waals surface area contributed by atoms with Crippen LogP contribution in [0.3, 0.4) is 0 Å². The van der Waals surface area contributed by atoms with E-state index >= 15 is 0 Å². The molecule has 1 aliphatic heterocycles. The van der Waals surface area contributed by atoms with Crippen molar-refractivity contribution in [2.75, 3.05) is 6.61 Å². The van der Waals surface area contributed by atoms with E-state index in [1.54, 1.807) is 25.1 Å². The lowest BCUT2D eigenvalue weighted by molar-refractivity contribution is 0.0557. The molecule has 2 rings (SSSR count). The van der Waals surface area contributed by atoms with Crippen molar-refractivity contribution in [2.45, 2.75) is 13.5 Å². The first-order valence-corrected chi connectivity index (χ1v) is 5.21. The van der Waals surface area contributed by atoms with E-state index in [9.17, 15) is 9.82 Å². The molecule has 0 spiro atoms. The zero-order valence-corrected chi connectivity index (χ0v) is 9.40. The fourth-order valence-electron chi connectivity index (χ4n) is 1.60. The zero-order chi connectivity index (χ0) is 12.3. The molecule has 0 bridgehead atoms. The Morgan fingerprint density at radius 1 is 1.65 bits per heavy atom. The van der Waals surface area contributed by atoms with Gasteiger partial charge in [-0.3, -0.25) is 0 Å². The summed E-state index contributed by atoms with van der Waals surface area (Å²) in [5, 5.41) is 9.51. The van der Waals surface area contributed by atoms with Gasteiger partial charge in [-0.2, -0.15) is 0 Å². The zero-order valence-electron chi connectivity index (χ0n) is 9.40. The molecule has 4 nitrogen and oxygen atoms in total. The maximum absolute atomic E-state index is 11.6. The Kier molecular flexibility index (Phi) is 3.47. The molecule has 0 amide bonds. The summed E-state index contributed by atoms with van der Waals surface area (Å²) in [6.45, 7) is 2.12. The lowest BCUT2D eigenvalue weighted by atomic mass is 9.79. The number of carbonyl (C=O) groups excluding carboxylic acids is 1. The average Bonchev–Trinajstić information content (AvgIpc) is 2.71. The van der Waals surface area contributed by atoms with Crippen LogP contribution in [0.5, 0.6) is 0 Å². The molecule has 0 aromatic heterocycles. The molecule has 0 aliphatic carbocycles. The van der Waals surface area contributed by atoms with Crippen molar-refractivity contribution in [1.82, 2.24) is 0 Å². The summed E-state index contributed by atoms with van der Waals surface area (Å²) in [4.78, 5) is 11.6. The summed E-state index contributed by atoms with van der Waals surface area (Å²) in [7, 11) is -0.951. The Hall–Kier alpha value is -1.77. The van der Waals surface area contributed by atoms with Crippen molar-refractivity contribution in [3.05, 3.63) is 29.3 Å². The Morgan fingerprint density at radius 3 is 3.24 bits per heavy atom. The molecule has 0 atom stereocenters. The third-order valence-corrected chi connectivity index (χ3v) is 2.50. The van der Waals surface area contributed by atoms with E-state index in [1.807, 2.05) is 0 Å². The number of esters is 1. The summed E-state index contributed by atoms with van der Waals surface area (Å²) in [6.07, 6.45) is 0. The highest BCUT2D eigenvalue weighted by atomic mass is 16.5. The van der Waals surface area contributed by atoms with Gasteiger partial charge in [0.2, 0.25) is 0 Å². The molecular formula is C12H11BO4. The molecule has 17 heavy (non-hydrogen) atoms. The van der Waals surface area contributed by atoms with E-state index < -0.39 is 13.1 Å². The minimum atomic E-state index is -0.951. The molecule has 0 saturated heterocycles. The summed E-state index contributed by atoms with van der Waals surface area (Å²) < 4.78 is 9.97. The lowest BCUT2D eigenvalue weighted by Gasteiger charge is -2.03. The molecular weight excluding hydrogens is 219 g/mol. The second-order valence-corrected chi connectivity index (χ2v) is 3.58. The quantitative estimate of drug-likeness (QED) is 0.444. The summed E-state index contributed by atoms with van der Waals surface area (Å²) in [5.74, 6) is 4.83. The van der Waals surface area contributed by atoms with Crippen molar-refractivity contribution in [1.29, 1.82) is 0 Å². The number of benzene rings is 1. The number of carbonyl (C=O) groups is 1. The van der Waals surface area contributed by atoms with Crippen LogP contribution in [0, 0.1) is 11.8 Å². The van der Waals surface area contributed by atoms with Gasteiger partial charge in [0, 0.05) is 0 Å². The van der Waals surface area contributed by atoms with Crippen LogP contribution >= 0.6 is 0 Å². The van der Waals surface area contributed by atoms with Crippen LogP contribution in [0.2, 0.25) is 0 Å². The van der Waals surface area contributed by atoms with Crippen LogP contribution in [0.15, 0.2) is 18.2 Å². The highest BCUT2D eigenvalue weighted by molar-refractivity contribution is 6.61. The minimum absolute atomic E-state index is 0.0749. The topological polar surface area (TPSA) is 55.8 Å². The third kappa shape index (κ3) is 2.49. The fourth-order valence-corrected chi connectivity index (χ4v) is 1.60. The second-order valence-electron chi connectivity index (χ2n) is 3.58. The van der Waals surface area contributed by atoms with Gasteiger partial charge in [-0.25, -0.2) is 4.79 Å². The Balaban J connectivity index is 2.13. The average molecular weight is 230 g/mol. The van der Waals surface area contributed by atoms with Crippen LogP contribution in [-0.2, 0) is 16.0 Å². The molecule has 1 aromatic rings. The Labute approximate surface area is 99.7 Å². The number of rotatable bonds is 2. The predicted octanol–water partition coefficient (Wildman–Crippen LogP) is 0.0844. The molecule has 0 saturated carbocycles. The molecule has 86 valence electrons. The molecule has 0 unspecified atom stereocenters. The largest absolute Gasteiger partial charge is 0.491 e. The van der Waals surface area contributed by atoms with Gasteiger partial charge in [0.15, 0.2) is 6.61 Å². The van der Waals surface area contributed by atoms with Gasteiger partial charge in [0.25, 0.3) is 0 Å². The first-order valence-electron chi connectivity index (χ1n) is 5.21. The van der Waals surface area contributed by atoms with E-state index in [2.05, 4.69) is 11.8 Å². The summed E-state index contributed by atoms with van der Waals surface area (Å²) in [5.41, 5.74) is 1.91. The van der Waals surface area contributed by atoms with Gasteiger partial charge in [-0.15, -0.1) is 5.92 Å². The fraction of sp³-hybridized carbons (Fsp3) is 0.250. The van der Waals surface area contributed by atoms with Crippen molar-refractivity contribution >= 4 is 18.6 Å². The molecule has 5 heteroatoms. The van der Waals surface area contributed by atoms with Gasteiger partial charge in [0.1, 0.15) is 0 Å². The van der Waals surface area contributed by atoms with Crippen molar-refractivity contribution in [3.63, 3.8) is 0 Å². The monoisotopic (exact) mass is 230 g/mol. The van der Waals surface area contributed by atoms with Gasteiger partial charge in [-0.05, 0) is 30.1 Å². The van der Waals surface area contributed by atoms with Crippen molar-refractivity contribution in [3.8, 4) is 11.8 Å². The van der Waals surface area contributed by atoms with Crippen LogP contribution < -0.4 is 5.46 Å². The smallest absolute Gasteiger partial charge is 0.449 e. The normalized spacial score (nSPS) is 12.7. The minimum Gasteiger partial charge on any atom is -0.449 e. The third-order valence-electron chi connectivity index (χ3n) is 2.50. The summed E-state index contributed by atoms with van der Waals surface area (Å²) in [6, 6.07) is 5.00. The lowest BCUT2D eigenvalue weighted by Crippen LogP contribution is -2.28. The Morgan fingerprint density at radius 2 is 2.47 bits per heavy atom. The van der Waals surface area contributed by atoms with Crippen molar-refractivity contribution in [2.24, 2.45) is 0 Å². The van der Waals surface area contributed by atoms with Gasteiger partial charge in [0.05, 0.1) is 12.2 Å². The molecule has 1 aromatic carbocycles. The molecule has 0 fully saturated rings. The maximum Gasteiger partial charge on any atom is 0.491 e. The van der Waals surface area contributed by atoms with Crippen LogP contribution in [0.1, 0.15) is 22.8 Å². The van der Waals surface area contributed by atoms with E-state index in [-0.39, 0.29) is 6.61 Å². The predicted molar refractivity (Wildman–Crippen MR) is 62.6 cm³/mol. The maximum atomic E-state index is 11.6. The van der Waals surface area contributed by atoms with Gasteiger partial charge < -0.3 is 14.4 Å². The molecule has 1 aliphatic rings. The summed E-state index contributed by atoms with van der Waals surface area (Å²) >= 11 is 0. The molecule has 1 N–H and O–H groups in total. The second kappa shape index (κ2) is 5.04. The molecule has 1 heterocycles. The van der Waals surface area contributed by atoms with E-state index in [0.29, 0.717) is 17.6 Å². The number of ether oxygens (including phenoxy) is 1. The van der Waals surface area contributed by atoms with Crippen molar-refractivity contribution < 1.29 is 19.2 Å². The van der Waals surface area contributed by atoms with E-state index in [0.717, 1.165) is 5.56 Å². The van der Waals surface area contributed by atoms with E-state index in [4.69, 9.17) is 9.39 Å². The van der Waals surface area contributed by atoms with Crippen LogP contribution in [0.25, 0.3) is 0 Å². The highest BCUT2D eigenvalue weighted by Gasteiger charge is 2.28. The number of hydrogen-bond acceptors (Lipinski definition) is 4.